The van der Waals surface area contributed by atoms with Gasteiger partial charge in [-0.2, -0.15) is 0 Å². The molecular weight excluding hydrogens is 295 g/mol. The molecule has 1 atom stereocenters. The molecule has 0 saturated carbocycles. The molecule has 0 amide bonds. The van der Waals surface area contributed by atoms with Gasteiger partial charge in [-0.1, -0.05) is 35.3 Å². The molecule has 0 aliphatic heterocycles. The number of nitrogens with zero attached hydrogens (tertiary/aromatic N) is 1. The molecule has 1 rings (SSSR count). The summed E-state index contributed by atoms with van der Waals surface area (Å²) in [5.74, 6) is 0. The number of hydrogen-bond donors (Lipinski definition) is 2. The molecule has 114 valence electrons. The van der Waals surface area contributed by atoms with Crippen LogP contribution >= 0.6 is 23.2 Å². The Hall–Kier alpha value is -0.320. The zero-order valence-electron chi connectivity index (χ0n) is 12.6. The fourth-order valence-corrected chi connectivity index (χ4v) is 2.43. The fraction of sp³-hybridized carbons (Fsp3) is 0.600. The Bertz CT molecular complexity index is 438. The first-order chi connectivity index (χ1) is 9.33. The van der Waals surface area contributed by atoms with Crippen LogP contribution in [0.5, 0.6) is 0 Å². The van der Waals surface area contributed by atoms with Gasteiger partial charge in [-0.3, -0.25) is 4.90 Å². The summed E-state index contributed by atoms with van der Waals surface area (Å²) in [5.41, 5.74) is 0.785. The second-order valence-electron chi connectivity index (χ2n) is 5.67. The second kappa shape index (κ2) is 7.62. The third-order valence-electron chi connectivity index (χ3n) is 3.88. The van der Waals surface area contributed by atoms with E-state index in [2.05, 4.69) is 10.2 Å². The average molecular weight is 319 g/mol. The van der Waals surface area contributed by atoms with Gasteiger partial charge in [0.15, 0.2) is 0 Å². The Labute approximate surface area is 131 Å². The zero-order valence-corrected chi connectivity index (χ0v) is 14.1. The van der Waals surface area contributed by atoms with Crippen LogP contribution in [0.25, 0.3) is 0 Å². The first-order valence-corrected chi connectivity index (χ1v) is 7.52. The lowest BCUT2D eigenvalue weighted by molar-refractivity contribution is 0.0760. The van der Waals surface area contributed by atoms with Gasteiger partial charge in [0.05, 0.1) is 16.7 Å². The standard InChI is InChI=1S/C15H24Cl2N2O/c1-15(2,10-20)19(4)9-8-13(18-3)11-6-5-7-12(16)14(11)17/h5-7,13,18,20H,8-10H2,1-4H3. The Morgan fingerprint density at radius 2 is 2.00 bits per heavy atom. The first kappa shape index (κ1) is 17.7. The molecule has 0 aliphatic carbocycles. The highest BCUT2D eigenvalue weighted by Crippen LogP contribution is 2.31. The molecule has 0 aromatic heterocycles. The number of aliphatic hydroxyl groups is 1. The van der Waals surface area contributed by atoms with Gasteiger partial charge in [0, 0.05) is 18.1 Å². The van der Waals surface area contributed by atoms with Crippen molar-refractivity contribution in [2.24, 2.45) is 0 Å². The predicted molar refractivity (Wildman–Crippen MR) is 86.7 cm³/mol. The van der Waals surface area contributed by atoms with E-state index in [1.54, 1.807) is 6.07 Å². The quantitative estimate of drug-likeness (QED) is 0.809. The van der Waals surface area contributed by atoms with Crippen molar-refractivity contribution in [3.8, 4) is 0 Å². The molecule has 1 aromatic rings. The summed E-state index contributed by atoms with van der Waals surface area (Å²) >= 11 is 12.3. The van der Waals surface area contributed by atoms with Gasteiger partial charge < -0.3 is 10.4 Å². The van der Waals surface area contributed by atoms with E-state index in [-0.39, 0.29) is 18.2 Å². The van der Waals surface area contributed by atoms with Crippen molar-refractivity contribution in [2.45, 2.75) is 31.8 Å². The third kappa shape index (κ3) is 4.34. The Morgan fingerprint density at radius 1 is 1.35 bits per heavy atom. The summed E-state index contributed by atoms with van der Waals surface area (Å²) in [7, 11) is 3.93. The van der Waals surface area contributed by atoms with E-state index in [9.17, 15) is 5.11 Å². The molecule has 0 aliphatic rings. The van der Waals surface area contributed by atoms with Crippen LogP contribution in [-0.4, -0.2) is 42.8 Å². The molecule has 1 aromatic carbocycles. The van der Waals surface area contributed by atoms with E-state index in [1.807, 2.05) is 40.1 Å². The number of halogens is 2. The summed E-state index contributed by atoms with van der Waals surface area (Å²) in [6, 6.07) is 5.83. The van der Waals surface area contributed by atoms with Crippen molar-refractivity contribution in [2.75, 3.05) is 27.2 Å². The topological polar surface area (TPSA) is 35.5 Å². The van der Waals surface area contributed by atoms with Crippen LogP contribution in [0.2, 0.25) is 10.0 Å². The van der Waals surface area contributed by atoms with E-state index >= 15 is 0 Å². The summed E-state index contributed by atoms with van der Waals surface area (Å²) in [5, 5.41) is 13.9. The maximum atomic E-state index is 9.39. The number of likely N-dealkylation sites (N-methyl/N-ethyl adjacent to an activating group) is 1. The lowest BCUT2D eigenvalue weighted by atomic mass is 10.0. The summed E-state index contributed by atoms with van der Waals surface area (Å²) in [4.78, 5) is 2.15. The normalized spacial score (nSPS) is 13.8. The Morgan fingerprint density at radius 3 is 2.55 bits per heavy atom. The second-order valence-corrected chi connectivity index (χ2v) is 6.45. The van der Waals surface area contributed by atoms with Crippen molar-refractivity contribution >= 4 is 23.2 Å². The molecule has 0 spiro atoms. The van der Waals surface area contributed by atoms with Crippen LogP contribution in [-0.2, 0) is 0 Å². The van der Waals surface area contributed by atoms with Crippen molar-refractivity contribution in [1.82, 2.24) is 10.2 Å². The van der Waals surface area contributed by atoms with Gasteiger partial charge in [0.1, 0.15) is 0 Å². The van der Waals surface area contributed by atoms with Crippen LogP contribution in [0.3, 0.4) is 0 Å². The van der Waals surface area contributed by atoms with E-state index < -0.39 is 0 Å². The van der Waals surface area contributed by atoms with Crippen LogP contribution < -0.4 is 5.32 Å². The predicted octanol–water partition coefficient (Wildman–Crippen LogP) is 3.35. The van der Waals surface area contributed by atoms with Gasteiger partial charge in [-0.05, 0) is 46.0 Å². The summed E-state index contributed by atoms with van der Waals surface area (Å²) in [6.45, 7) is 5.02. The first-order valence-electron chi connectivity index (χ1n) is 6.76. The molecule has 3 nitrogen and oxygen atoms in total. The number of rotatable bonds is 7. The van der Waals surface area contributed by atoms with Crippen molar-refractivity contribution in [1.29, 1.82) is 0 Å². The maximum absolute atomic E-state index is 9.39. The van der Waals surface area contributed by atoms with Crippen molar-refractivity contribution in [3.63, 3.8) is 0 Å². The lowest BCUT2D eigenvalue weighted by Crippen LogP contribution is -2.45. The van der Waals surface area contributed by atoms with E-state index in [0.29, 0.717) is 10.0 Å². The molecule has 0 radical (unpaired) electrons. The monoisotopic (exact) mass is 318 g/mol. The van der Waals surface area contributed by atoms with E-state index in [0.717, 1.165) is 18.5 Å². The highest BCUT2D eigenvalue weighted by atomic mass is 35.5. The van der Waals surface area contributed by atoms with Gasteiger partial charge in [0.2, 0.25) is 0 Å². The molecule has 5 heteroatoms. The Balaban J connectivity index is 2.76. The molecule has 0 saturated heterocycles. The highest BCUT2D eigenvalue weighted by molar-refractivity contribution is 6.42. The van der Waals surface area contributed by atoms with E-state index in [4.69, 9.17) is 23.2 Å². The average Bonchev–Trinajstić information content (AvgIpc) is 2.43. The van der Waals surface area contributed by atoms with Gasteiger partial charge in [-0.25, -0.2) is 0 Å². The Kier molecular flexibility index (Phi) is 6.76. The number of hydrogen-bond acceptors (Lipinski definition) is 3. The number of nitrogens with one attached hydrogen (secondary N) is 1. The largest absolute Gasteiger partial charge is 0.394 e. The molecule has 20 heavy (non-hydrogen) atoms. The third-order valence-corrected chi connectivity index (χ3v) is 4.71. The summed E-state index contributed by atoms with van der Waals surface area (Å²) in [6.07, 6.45) is 0.885. The minimum atomic E-state index is -0.226. The number of aliphatic hydroxyl groups excluding tert-OH is 1. The van der Waals surface area contributed by atoms with Gasteiger partial charge in [0.25, 0.3) is 0 Å². The molecule has 1 unspecified atom stereocenters. The number of benzene rings is 1. The molecule has 0 bridgehead atoms. The molecular formula is C15H24Cl2N2O. The van der Waals surface area contributed by atoms with Gasteiger partial charge >= 0.3 is 0 Å². The SMILES string of the molecule is CNC(CCN(C)C(C)(C)CO)c1cccc(Cl)c1Cl. The van der Waals surface area contributed by atoms with Crippen LogP contribution in [0, 0.1) is 0 Å². The van der Waals surface area contributed by atoms with E-state index in [1.165, 1.54) is 0 Å². The minimum absolute atomic E-state index is 0.131. The zero-order chi connectivity index (χ0) is 15.3. The van der Waals surface area contributed by atoms with Gasteiger partial charge in [-0.15, -0.1) is 0 Å². The smallest absolute Gasteiger partial charge is 0.0640 e. The highest BCUT2D eigenvalue weighted by Gasteiger charge is 2.23. The molecule has 0 heterocycles. The maximum Gasteiger partial charge on any atom is 0.0640 e. The van der Waals surface area contributed by atoms with Crippen molar-refractivity contribution < 1.29 is 5.11 Å². The minimum Gasteiger partial charge on any atom is -0.394 e. The van der Waals surface area contributed by atoms with Crippen LogP contribution in [0.4, 0.5) is 0 Å². The fourth-order valence-electron chi connectivity index (χ4n) is 1.99. The van der Waals surface area contributed by atoms with Crippen LogP contribution in [0.15, 0.2) is 18.2 Å². The van der Waals surface area contributed by atoms with Crippen molar-refractivity contribution in [3.05, 3.63) is 33.8 Å². The molecule has 0 fully saturated rings. The van der Waals surface area contributed by atoms with Crippen LogP contribution in [0.1, 0.15) is 31.9 Å². The molecule has 2 N–H and O–H groups in total. The lowest BCUT2D eigenvalue weighted by Gasteiger charge is -2.35. The summed E-state index contributed by atoms with van der Waals surface area (Å²) < 4.78 is 0.